The summed E-state index contributed by atoms with van der Waals surface area (Å²) in [6.07, 6.45) is 0.737. The third kappa shape index (κ3) is 4.89. The van der Waals surface area contributed by atoms with Crippen LogP contribution in [0.3, 0.4) is 0 Å². The lowest BCUT2D eigenvalue weighted by Crippen LogP contribution is -2.45. The maximum absolute atomic E-state index is 12.9. The average Bonchev–Trinajstić information content (AvgIpc) is 3.33. The van der Waals surface area contributed by atoms with E-state index in [9.17, 15) is 14.7 Å². The van der Waals surface area contributed by atoms with E-state index in [1.807, 2.05) is 25.1 Å². The number of thioether (sulfide) groups is 1. The van der Waals surface area contributed by atoms with Crippen LogP contribution < -0.4 is 4.74 Å². The van der Waals surface area contributed by atoms with Gasteiger partial charge in [-0.25, -0.2) is 9.97 Å². The third-order valence-electron chi connectivity index (χ3n) is 5.74. The molecule has 1 aliphatic rings. The van der Waals surface area contributed by atoms with E-state index in [1.165, 1.54) is 23.1 Å². The molecule has 0 atom stereocenters. The summed E-state index contributed by atoms with van der Waals surface area (Å²) in [7, 11) is 1.59. The number of carbonyl (C=O) groups is 2. The van der Waals surface area contributed by atoms with Crippen molar-refractivity contribution in [1.82, 2.24) is 14.9 Å². The Morgan fingerprint density at radius 2 is 1.97 bits per heavy atom. The molecule has 8 nitrogen and oxygen atoms in total. The van der Waals surface area contributed by atoms with E-state index >= 15 is 0 Å². The Morgan fingerprint density at radius 1 is 1.21 bits per heavy atom. The number of likely N-dealkylation sites (tertiary alicyclic amines) is 1. The molecule has 2 N–H and O–H groups in total. The summed E-state index contributed by atoms with van der Waals surface area (Å²) in [6, 6.07) is 9.15. The lowest BCUT2D eigenvalue weighted by atomic mass is 9.90. The monoisotopic (exact) mass is 487 g/mol. The van der Waals surface area contributed by atoms with Gasteiger partial charge in [0.05, 0.1) is 28.6 Å². The Labute approximate surface area is 199 Å². The molecule has 4 rings (SSSR count). The number of ether oxygens (including phenoxy) is 1. The molecule has 0 spiro atoms. The summed E-state index contributed by atoms with van der Waals surface area (Å²) in [5.41, 5.74) is -0.306. The first-order valence-corrected chi connectivity index (χ1v) is 12.3. The summed E-state index contributed by atoms with van der Waals surface area (Å²) in [4.78, 5) is 36.4. The number of hydrogen-bond donors (Lipinski definition) is 2. The lowest BCUT2D eigenvalue weighted by Gasteiger charge is -2.37. The second kappa shape index (κ2) is 9.76. The van der Waals surface area contributed by atoms with Gasteiger partial charge >= 0.3 is 0 Å². The Hall–Kier alpha value is -2.53. The fraction of sp³-hybridized carbons (Fsp3) is 0.391. The molecule has 33 heavy (non-hydrogen) atoms. The van der Waals surface area contributed by atoms with Crippen molar-refractivity contribution in [2.24, 2.45) is 0 Å². The van der Waals surface area contributed by atoms with E-state index < -0.39 is 12.2 Å². The van der Waals surface area contributed by atoms with Crippen molar-refractivity contribution in [3.05, 3.63) is 45.9 Å². The summed E-state index contributed by atoms with van der Waals surface area (Å²) >= 11 is 2.63. The number of aliphatic hydroxyl groups excluding tert-OH is 1. The largest absolute Gasteiger partial charge is 0.496 e. The molecule has 0 bridgehead atoms. The highest BCUT2D eigenvalue weighted by Crippen LogP contribution is 2.38. The topological polar surface area (TPSA) is 113 Å². The second-order valence-electron chi connectivity index (χ2n) is 7.88. The Kier molecular flexibility index (Phi) is 6.99. The number of nitrogens with zero attached hydrogens (tertiary/aromatic N) is 3. The van der Waals surface area contributed by atoms with Crippen LogP contribution in [0.15, 0.2) is 35.4 Å². The molecule has 10 heteroatoms. The summed E-state index contributed by atoms with van der Waals surface area (Å²) in [6.45, 7) is 2.03. The molecule has 174 valence electrons. The van der Waals surface area contributed by atoms with E-state index in [4.69, 9.17) is 9.84 Å². The number of aryl methyl sites for hydroxylation is 1. The van der Waals surface area contributed by atoms with Crippen molar-refractivity contribution in [2.45, 2.75) is 30.4 Å². The highest BCUT2D eigenvalue weighted by molar-refractivity contribution is 8.00. The van der Waals surface area contributed by atoms with Crippen molar-refractivity contribution < 1.29 is 24.5 Å². The van der Waals surface area contributed by atoms with Crippen LogP contribution in [0.5, 0.6) is 5.75 Å². The van der Waals surface area contributed by atoms with Gasteiger partial charge in [0.25, 0.3) is 0 Å². The van der Waals surface area contributed by atoms with E-state index in [1.54, 1.807) is 24.1 Å². The summed E-state index contributed by atoms with van der Waals surface area (Å²) in [5, 5.41) is 21.6. The molecule has 0 radical (unpaired) electrons. The number of thiophene rings is 1. The van der Waals surface area contributed by atoms with Crippen LogP contribution in [0.4, 0.5) is 0 Å². The maximum atomic E-state index is 12.9. The number of aliphatic hydroxyl groups is 2. The number of benzene rings is 1. The molecule has 1 aromatic carbocycles. The number of amides is 1. The zero-order valence-corrected chi connectivity index (χ0v) is 20.0. The zero-order chi connectivity index (χ0) is 23.6. The lowest BCUT2D eigenvalue weighted by molar-refractivity contribution is -0.138. The van der Waals surface area contributed by atoms with Gasteiger partial charge in [0.15, 0.2) is 5.78 Å². The van der Waals surface area contributed by atoms with Gasteiger partial charge in [-0.05, 0) is 44.0 Å². The number of methoxy groups -OCH3 is 1. The molecule has 1 amide bonds. The van der Waals surface area contributed by atoms with E-state index in [0.717, 1.165) is 15.8 Å². The molecule has 3 aromatic rings. The number of hydrogen-bond acceptors (Lipinski definition) is 9. The molecule has 0 aliphatic carbocycles. The molecule has 1 aliphatic heterocycles. The number of Topliss-reactive ketones (excluding diaryl/α,β-unsaturated/α-hetero) is 1. The van der Waals surface area contributed by atoms with Crippen molar-refractivity contribution in [3.63, 3.8) is 0 Å². The molecular weight excluding hydrogens is 462 g/mol. The van der Waals surface area contributed by atoms with Crippen LogP contribution in [0.2, 0.25) is 0 Å². The average molecular weight is 488 g/mol. The van der Waals surface area contributed by atoms with Crippen LogP contribution in [0.1, 0.15) is 33.2 Å². The smallest absolute Gasteiger partial charge is 0.248 e. The fourth-order valence-corrected chi connectivity index (χ4v) is 6.07. The highest BCUT2D eigenvalue weighted by atomic mass is 32.2. The molecule has 3 heterocycles. The maximum Gasteiger partial charge on any atom is 0.248 e. The van der Waals surface area contributed by atoms with Crippen LogP contribution in [-0.2, 0) is 10.4 Å². The SMILES string of the molecule is COc1cccc2nc(C)nc(SCC(=O)c3ccc(C4(O)CCN(C(=O)CO)CC4)s3)c12. The number of carbonyl (C=O) groups excluding carboxylic acids is 2. The van der Waals surface area contributed by atoms with Crippen molar-refractivity contribution in [3.8, 4) is 5.75 Å². The first-order valence-electron chi connectivity index (χ1n) is 10.5. The minimum absolute atomic E-state index is 0.0490. The normalized spacial score (nSPS) is 15.6. The molecule has 1 saturated heterocycles. The zero-order valence-electron chi connectivity index (χ0n) is 18.4. The fourth-order valence-electron chi connectivity index (χ4n) is 3.92. The van der Waals surface area contributed by atoms with Gasteiger partial charge in [0, 0.05) is 18.0 Å². The summed E-state index contributed by atoms with van der Waals surface area (Å²) in [5.74, 6) is 1.10. The van der Waals surface area contributed by atoms with Gasteiger partial charge in [0.1, 0.15) is 28.8 Å². The number of piperidine rings is 1. The quantitative estimate of drug-likeness (QED) is 0.297. The minimum atomic E-state index is -1.07. The van der Waals surface area contributed by atoms with Gasteiger partial charge in [-0.3, -0.25) is 9.59 Å². The van der Waals surface area contributed by atoms with Gasteiger partial charge < -0.3 is 19.8 Å². The molecule has 0 saturated carbocycles. The molecule has 0 unspecified atom stereocenters. The minimum Gasteiger partial charge on any atom is -0.496 e. The first-order chi connectivity index (χ1) is 15.8. The van der Waals surface area contributed by atoms with Crippen molar-refractivity contribution >= 4 is 45.7 Å². The Morgan fingerprint density at radius 3 is 2.67 bits per heavy atom. The number of aromatic nitrogens is 2. The second-order valence-corrected chi connectivity index (χ2v) is 9.92. The summed E-state index contributed by atoms with van der Waals surface area (Å²) < 4.78 is 5.47. The standard InChI is InChI=1S/C23H25N3O5S2/c1-14-24-15-4-3-5-17(31-2)21(15)22(25-14)32-13-16(28)18-6-7-19(33-18)23(30)8-10-26(11-9-23)20(29)12-27/h3-7,27,30H,8-13H2,1-2H3. The van der Waals surface area contributed by atoms with E-state index in [2.05, 4.69) is 9.97 Å². The van der Waals surface area contributed by atoms with E-state index in [-0.39, 0.29) is 17.4 Å². The highest BCUT2D eigenvalue weighted by Gasteiger charge is 2.36. The Balaban J connectivity index is 1.47. The van der Waals surface area contributed by atoms with Crippen LogP contribution in [0.25, 0.3) is 10.9 Å². The predicted octanol–water partition coefficient (Wildman–Crippen LogP) is 2.79. The Bertz CT molecular complexity index is 1190. The van der Waals surface area contributed by atoms with Crippen LogP contribution in [0, 0.1) is 6.92 Å². The van der Waals surface area contributed by atoms with Gasteiger partial charge in [-0.15, -0.1) is 11.3 Å². The van der Waals surface area contributed by atoms with Crippen molar-refractivity contribution in [1.29, 1.82) is 0 Å². The van der Waals surface area contributed by atoms with Gasteiger partial charge in [-0.2, -0.15) is 0 Å². The van der Waals surface area contributed by atoms with Crippen LogP contribution in [-0.4, -0.2) is 69.3 Å². The third-order valence-corrected chi connectivity index (χ3v) is 8.04. The molecule has 2 aromatic heterocycles. The molecular formula is C23H25N3O5S2. The molecule has 1 fully saturated rings. The number of fused-ring (bicyclic) bond motifs is 1. The number of rotatable bonds is 7. The van der Waals surface area contributed by atoms with Gasteiger partial charge in [0.2, 0.25) is 5.91 Å². The first kappa shape index (κ1) is 23.6. The van der Waals surface area contributed by atoms with E-state index in [0.29, 0.717) is 47.4 Å². The van der Waals surface area contributed by atoms with Crippen molar-refractivity contribution in [2.75, 3.05) is 32.6 Å². The predicted molar refractivity (Wildman–Crippen MR) is 127 cm³/mol. The van der Waals surface area contributed by atoms with Gasteiger partial charge in [-0.1, -0.05) is 17.8 Å². The number of ketones is 1. The van der Waals surface area contributed by atoms with Crippen LogP contribution >= 0.6 is 23.1 Å².